The monoisotopic (exact) mass is 333 g/mol. The maximum absolute atomic E-state index is 10.9. The van der Waals surface area contributed by atoms with E-state index >= 15 is 0 Å². The fraction of sp³-hybridized carbons (Fsp3) is 0.462. The molecule has 0 amide bonds. The lowest BCUT2D eigenvalue weighted by molar-refractivity contribution is -0.147. The van der Waals surface area contributed by atoms with E-state index in [9.17, 15) is 4.79 Å². The molecule has 0 fully saturated rings. The normalized spacial score (nSPS) is 11.6. The minimum atomic E-state index is -0.768. The molecule has 0 aliphatic carbocycles. The van der Waals surface area contributed by atoms with E-state index in [-0.39, 0.29) is 0 Å². The van der Waals surface area contributed by atoms with Crippen molar-refractivity contribution in [3.63, 3.8) is 0 Å². The van der Waals surface area contributed by atoms with Crippen LogP contribution in [-0.2, 0) is 11.3 Å². The van der Waals surface area contributed by atoms with Crippen LogP contribution in [0.5, 0.6) is 0 Å². The third-order valence-electron chi connectivity index (χ3n) is 2.82. The number of hydrogen-bond donors (Lipinski definition) is 2. The predicted molar refractivity (Wildman–Crippen MR) is 76.9 cm³/mol. The summed E-state index contributed by atoms with van der Waals surface area (Å²) in [7, 11) is 0. The Kier molecular flexibility index (Phi) is 5.63. The van der Waals surface area contributed by atoms with E-state index in [1.54, 1.807) is 13.8 Å². The molecule has 0 aliphatic rings. The second-order valence-corrected chi connectivity index (χ2v) is 6.13. The quantitative estimate of drug-likeness (QED) is 0.780. The Balaban J connectivity index is 2.38. The molecule has 0 saturated heterocycles. The minimum absolute atomic E-state index is 0.590. The molecule has 0 heterocycles. The number of carbonyl (C=O) groups is 1. The van der Waals surface area contributed by atoms with Crippen molar-refractivity contribution in [1.29, 1.82) is 0 Å². The van der Waals surface area contributed by atoms with Crippen LogP contribution in [0.15, 0.2) is 22.7 Å². The van der Waals surface area contributed by atoms with E-state index in [0.717, 1.165) is 10.0 Å². The highest BCUT2D eigenvalue weighted by Gasteiger charge is 2.25. The average Bonchev–Trinajstić information content (AvgIpc) is 2.29. The van der Waals surface area contributed by atoms with Crippen LogP contribution in [0, 0.1) is 5.41 Å². The first-order valence-corrected chi connectivity index (χ1v) is 6.88. The van der Waals surface area contributed by atoms with Gasteiger partial charge in [-0.25, -0.2) is 0 Å². The van der Waals surface area contributed by atoms with Gasteiger partial charge in [0.25, 0.3) is 0 Å². The number of halogens is 2. The first-order valence-electron chi connectivity index (χ1n) is 5.71. The van der Waals surface area contributed by atoms with Gasteiger partial charge in [-0.05, 0) is 60.4 Å². The van der Waals surface area contributed by atoms with Crippen molar-refractivity contribution < 1.29 is 9.90 Å². The summed E-state index contributed by atoms with van der Waals surface area (Å²) in [6.07, 6.45) is 0.590. The average molecular weight is 335 g/mol. The molecule has 0 atom stereocenters. The van der Waals surface area contributed by atoms with E-state index in [1.807, 2.05) is 18.2 Å². The van der Waals surface area contributed by atoms with Crippen LogP contribution in [0.2, 0.25) is 5.02 Å². The highest BCUT2D eigenvalue weighted by Crippen LogP contribution is 2.23. The third kappa shape index (κ3) is 4.59. The number of rotatable bonds is 6. The molecule has 1 aromatic carbocycles. The Morgan fingerprint density at radius 1 is 1.50 bits per heavy atom. The van der Waals surface area contributed by atoms with Crippen molar-refractivity contribution in [3.05, 3.63) is 33.3 Å². The van der Waals surface area contributed by atoms with Gasteiger partial charge < -0.3 is 10.4 Å². The zero-order valence-electron chi connectivity index (χ0n) is 10.5. The molecular weight excluding hydrogens is 318 g/mol. The second kappa shape index (κ2) is 6.55. The standard InChI is InChI=1S/C13H17BrClNO2/c1-13(2,12(17)18)5-6-16-8-9-3-4-10(14)11(15)7-9/h3-4,7,16H,5-6,8H2,1-2H3,(H,17,18). The van der Waals surface area contributed by atoms with E-state index in [4.69, 9.17) is 16.7 Å². The maximum atomic E-state index is 10.9. The molecule has 0 unspecified atom stereocenters. The van der Waals surface area contributed by atoms with Crippen molar-refractivity contribution in [2.75, 3.05) is 6.54 Å². The first-order chi connectivity index (χ1) is 8.33. The van der Waals surface area contributed by atoms with Crippen LogP contribution in [-0.4, -0.2) is 17.6 Å². The van der Waals surface area contributed by atoms with Gasteiger partial charge in [0, 0.05) is 11.0 Å². The molecule has 100 valence electrons. The van der Waals surface area contributed by atoms with Gasteiger partial charge in [0.05, 0.1) is 10.4 Å². The van der Waals surface area contributed by atoms with E-state index in [0.29, 0.717) is 24.5 Å². The fourth-order valence-electron chi connectivity index (χ4n) is 1.39. The lowest BCUT2D eigenvalue weighted by atomic mass is 9.90. The summed E-state index contributed by atoms with van der Waals surface area (Å²) >= 11 is 9.32. The SMILES string of the molecule is CC(C)(CCNCc1ccc(Br)c(Cl)c1)C(=O)O. The lowest BCUT2D eigenvalue weighted by Crippen LogP contribution is -2.28. The van der Waals surface area contributed by atoms with Crippen molar-refractivity contribution in [1.82, 2.24) is 5.32 Å². The molecule has 3 nitrogen and oxygen atoms in total. The summed E-state index contributed by atoms with van der Waals surface area (Å²) in [6.45, 7) is 4.80. The van der Waals surface area contributed by atoms with Crippen molar-refractivity contribution in [2.24, 2.45) is 5.41 Å². The van der Waals surface area contributed by atoms with E-state index < -0.39 is 11.4 Å². The van der Waals surface area contributed by atoms with Crippen molar-refractivity contribution in [2.45, 2.75) is 26.8 Å². The number of hydrogen-bond acceptors (Lipinski definition) is 2. The molecule has 1 rings (SSSR count). The molecule has 0 aromatic heterocycles. The van der Waals surface area contributed by atoms with Gasteiger partial charge in [-0.1, -0.05) is 17.7 Å². The van der Waals surface area contributed by atoms with Gasteiger partial charge in [0.1, 0.15) is 0 Å². The Hall–Kier alpha value is -0.580. The van der Waals surface area contributed by atoms with Gasteiger partial charge in [0.2, 0.25) is 0 Å². The van der Waals surface area contributed by atoms with Gasteiger partial charge >= 0.3 is 5.97 Å². The summed E-state index contributed by atoms with van der Waals surface area (Å²) in [5.74, 6) is -0.768. The molecule has 18 heavy (non-hydrogen) atoms. The Morgan fingerprint density at radius 3 is 2.72 bits per heavy atom. The highest BCUT2D eigenvalue weighted by atomic mass is 79.9. The van der Waals surface area contributed by atoms with E-state index in [1.165, 1.54) is 0 Å². The van der Waals surface area contributed by atoms with Crippen LogP contribution in [0.25, 0.3) is 0 Å². The van der Waals surface area contributed by atoms with Crippen LogP contribution < -0.4 is 5.32 Å². The minimum Gasteiger partial charge on any atom is -0.481 e. The molecule has 0 aliphatic heterocycles. The number of carboxylic acids is 1. The van der Waals surface area contributed by atoms with Crippen molar-refractivity contribution >= 4 is 33.5 Å². The van der Waals surface area contributed by atoms with Crippen LogP contribution in [0.3, 0.4) is 0 Å². The van der Waals surface area contributed by atoms with Gasteiger partial charge in [-0.2, -0.15) is 0 Å². The summed E-state index contributed by atoms with van der Waals surface area (Å²) < 4.78 is 0.875. The Morgan fingerprint density at radius 2 is 2.17 bits per heavy atom. The number of carboxylic acid groups (broad SMARTS) is 1. The first kappa shape index (κ1) is 15.5. The molecule has 0 bridgehead atoms. The Labute approximate surface area is 121 Å². The lowest BCUT2D eigenvalue weighted by Gasteiger charge is -2.19. The van der Waals surface area contributed by atoms with Crippen molar-refractivity contribution in [3.8, 4) is 0 Å². The smallest absolute Gasteiger partial charge is 0.309 e. The summed E-state index contributed by atoms with van der Waals surface area (Å²) in [5, 5.41) is 12.9. The largest absolute Gasteiger partial charge is 0.481 e. The fourth-order valence-corrected chi connectivity index (χ4v) is 1.84. The topological polar surface area (TPSA) is 49.3 Å². The molecule has 5 heteroatoms. The number of benzene rings is 1. The van der Waals surface area contributed by atoms with Gasteiger partial charge in [-0.3, -0.25) is 4.79 Å². The highest BCUT2D eigenvalue weighted by molar-refractivity contribution is 9.10. The second-order valence-electron chi connectivity index (χ2n) is 4.86. The van der Waals surface area contributed by atoms with Crippen LogP contribution in [0.1, 0.15) is 25.8 Å². The predicted octanol–water partition coefficient (Wildman–Crippen LogP) is 3.69. The zero-order valence-corrected chi connectivity index (χ0v) is 12.8. The molecule has 0 spiro atoms. The summed E-state index contributed by atoms with van der Waals surface area (Å²) in [6, 6.07) is 5.77. The van der Waals surface area contributed by atoms with Crippen LogP contribution in [0.4, 0.5) is 0 Å². The number of nitrogens with one attached hydrogen (secondary N) is 1. The molecule has 0 saturated carbocycles. The maximum Gasteiger partial charge on any atom is 0.309 e. The molecule has 2 N–H and O–H groups in total. The summed E-state index contributed by atoms with van der Waals surface area (Å²) in [5.41, 5.74) is 0.390. The van der Waals surface area contributed by atoms with Crippen LogP contribution >= 0.6 is 27.5 Å². The molecular formula is C13H17BrClNO2. The Bertz CT molecular complexity index is 435. The van der Waals surface area contributed by atoms with Gasteiger partial charge in [0.15, 0.2) is 0 Å². The number of aliphatic carboxylic acids is 1. The molecule has 0 radical (unpaired) electrons. The summed E-state index contributed by atoms with van der Waals surface area (Å²) in [4.78, 5) is 10.9. The van der Waals surface area contributed by atoms with E-state index in [2.05, 4.69) is 21.2 Å². The molecule has 1 aromatic rings. The third-order valence-corrected chi connectivity index (χ3v) is 4.05. The zero-order chi connectivity index (χ0) is 13.8. The van der Waals surface area contributed by atoms with Gasteiger partial charge in [-0.15, -0.1) is 0 Å².